The molecule has 0 aromatic carbocycles. The number of hydrogen-bond donors (Lipinski definition) is 2. The van der Waals surface area contributed by atoms with Crippen LogP contribution in [0.15, 0.2) is 0 Å². The van der Waals surface area contributed by atoms with E-state index < -0.39 is 24.1 Å². The van der Waals surface area contributed by atoms with Gasteiger partial charge < -0.3 is 10.8 Å². The highest BCUT2D eigenvalue weighted by Gasteiger charge is 2.43. The lowest BCUT2D eigenvalue weighted by molar-refractivity contribution is -0.217. The second-order valence-electron chi connectivity index (χ2n) is 2.18. The zero-order valence-electron chi connectivity index (χ0n) is 5.72. The van der Waals surface area contributed by atoms with Crippen LogP contribution in [0.1, 0.15) is 6.92 Å². The van der Waals surface area contributed by atoms with E-state index >= 15 is 0 Å². The average Bonchev–Trinajstić information content (AvgIpc) is 1.82. The number of alkyl halides is 3. The summed E-state index contributed by atoms with van der Waals surface area (Å²) in [5, 5.41) is 8.40. The summed E-state index contributed by atoms with van der Waals surface area (Å²) in [5.74, 6) is -2.77. The fourth-order valence-corrected chi connectivity index (χ4v) is 0.439. The molecule has 66 valence electrons. The van der Waals surface area contributed by atoms with Crippen molar-refractivity contribution >= 4 is 5.91 Å². The first kappa shape index (κ1) is 10.2. The molecule has 6 heteroatoms. The predicted octanol–water partition coefficient (Wildman–Crippen LogP) is 0.0310. The van der Waals surface area contributed by atoms with Gasteiger partial charge >= 0.3 is 6.18 Å². The van der Waals surface area contributed by atoms with Crippen molar-refractivity contribution in [1.29, 1.82) is 0 Å². The Morgan fingerprint density at radius 1 is 1.55 bits per heavy atom. The smallest absolute Gasteiger partial charge is 0.383 e. The van der Waals surface area contributed by atoms with Gasteiger partial charge in [-0.1, -0.05) is 6.92 Å². The normalized spacial score (nSPS) is 17.5. The maximum Gasteiger partial charge on any atom is 0.415 e. The molecule has 1 amide bonds. The van der Waals surface area contributed by atoms with Crippen molar-refractivity contribution in [3.05, 3.63) is 0 Å². The number of hydrogen-bond acceptors (Lipinski definition) is 2. The molecule has 0 radical (unpaired) electrons. The molecule has 0 aromatic heterocycles. The molecule has 0 fully saturated rings. The highest BCUT2D eigenvalue weighted by atomic mass is 19.4. The van der Waals surface area contributed by atoms with Gasteiger partial charge in [0.1, 0.15) is 0 Å². The van der Waals surface area contributed by atoms with Crippen molar-refractivity contribution in [1.82, 2.24) is 0 Å². The first-order chi connectivity index (χ1) is 4.76. The minimum Gasteiger partial charge on any atom is -0.383 e. The Balaban J connectivity index is 4.25. The SMILES string of the molecule is CC(C(N)=O)C(O)C(F)(F)F. The van der Waals surface area contributed by atoms with Crippen LogP contribution in [0.25, 0.3) is 0 Å². The third-order valence-corrected chi connectivity index (χ3v) is 1.26. The standard InChI is InChI=1S/C5H8F3NO2/c1-2(4(9)11)3(10)5(6,7)8/h2-3,10H,1H3,(H2,9,11). The predicted molar refractivity (Wildman–Crippen MR) is 30.4 cm³/mol. The zero-order chi connectivity index (χ0) is 9.23. The van der Waals surface area contributed by atoms with Gasteiger partial charge in [-0.15, -0.1) is 0 Å². The van der Waals surface area contributed by atoms with E-state index in [-0.39, 0.29) is 0 Å². The molecule has 0 aromatic rings. The molecular weight excluding hydrogens is 163 g/mol. The maximum atomic E-state index is 11.6. The first-order valence-electron chi connectivity index (χ1n) is 2.81. The largest absolute Gasteiger partial charge is 0.415 e. The van der Waals surface area contributed by atoms with E-state index in [9.17, 15) is 18.0 Å². The number of primary amides is 1. The summed E-state index contributed by atoms with van der Waals surface area (Å²) in [6.07, 6.45) is -7.45. The van der Waals surface area contributed by atoms with Crippen LogP contribution in [-0.2, 0) is 4.79 Å². The number of aliphatic hydroxyl groups is 1. The summed E-state index contributed by atoms with van der Waals surface area (Å²) in [7, 11) is 0. The second-order valence-corrected chi connectivity index (χ2v) is 2.18. The van der Waals surface area contributed by atoms with Gasteiger partial charge in [-0.3, -0.25) is 4.79 Å². The molecule has 3 nitrogen and oxygen atoms in total. The van der Waals surface area contributed by atoms with Crippen molar-refractivity contribution in [3.63, 3.8) is 0 Å². The van der Waals surface area contributed by atoms with Gasteiger partial charge in [0.2, 0.25) is 5.91 Å². The Morgan fingerprint density at radius 3 is 2.00 bits per heavy atom. The van der Waals surface area contributed by atoms with E-state index in [0.29, 0.717) is 0 Å². The maximum absolute atomic E-state index is 11.6. The van der Waals surface area contributed by atoms with E-state index in [1.54, 1.807) is 0 Å². The molecule has 0 aliphatic heterocycles. The molecule has 0 saturated heterocycles. The molecule has 0 rings (SSSR count). The fourth-order valence-electron chi connectivity index (χ4n) is 0.439. The molecule has 2 unspecified atom stereocenters. The topological polar surface area (TPSA) is 63.3 Å². The van der Waals surface area contributed by atoms with E-state index in [0.717, 1.165) is 6.92 Å². The van der Waals surface area contributed by atoms with Gasteiger partial charge in [-0.05, 0) is 0 Å². The van der Waals surface area contributed by atoms with Gasteiger partial charge in [0.05, 0.1) is 5.92 Å². The first-order valence-corrected chi connectivity index (χ1v) is 2.81. The van der Waals surface area contributed by atoms with Gasteiger partial charge in [-0.2, -0.15) is 13.2 Å². The number of nitrogens with two attached hydrogens (primary N) is 1. The highest BCUT2D eigenvalue weighted by Crippen LogP contribution is 2.24. The van der Waals surface area contributed by atoms with Crippen molar-refractivity contribution in [2.45, 2.75) is 19.2 Å². The van der Waals surface area contributed by atoms with Gasteiger partial charge in [0, 0.05) is 0 Å². The van der Waals surface area contributed by atoms with Crippen LogP contribution < -0.4 is 5.73 Å². The monoisotopic (exact) mass is 171 g/mol. The number of amides is 1. The molecule has 2 atom stereocenters. The van der Waals surface area contributed by atoms with E-state index in [4.69, 9.17) is 5.11 Å². The Kier molecular flexibility index (Phi) is 2.86. The van der Waals surface area contributed by atoms with Crippen LogP contribution in [-0.4, -0.2) is 23.3 Å². The summed E-state index contributed by atoms with van der Waals surface area (Å²) in [5.41, 5.74) is 4.53. The van der Waals surface area contributed by atoms with E-state index in [1.165, 1.54) is 0 Å². The van der Waals surface area contributed by atoms with Crippen molar-refractivity contribution in [3.8, 4) is 0 Å². The molecule has 0 bridgehead atoms. The Bertz CT molecular complexity index is 156. The molecule has 11 heavy (non-hydrogen) atoms. The molecule has 0 saturated carbocycles. The van der Waals surface area contributed by atoms with Crippen molar-refractivity contribution in [2.24, 2.45) is 11.7 Å². The Hall–Kier alpha value is -0.780. The summed E-state index contributed by atoms with van der Waals surface area (Å²) >= 11 is 0. The Morgan fingerprint density at radius 2 is 1.91 bits per heavy atom. The number of rotatable bonds is 2. The molecule has 0 aliphatic rings. The molecule has 3 N–H and O–H groups in total. The fraction of sp³-hybridized carbons (Fsp3) is 0.800. The summed E-state index contributed by atoms with van der Waals surface area (Å²) in [6.45, 7) is 0.917. The number of halogens is 3. The highest BCUT2D eigenvalue weighted by molar-refractivity contribution is 5.76. The van der Waals surface area contributed by atoms with Gasteiger partial charge in [0.15, 0.2) is 6.10 Å². The van der Waals surface area contributed by atoms with Crippen molar-refractivity contribution in [2.75, 3.05) is 0 Å². The lowest BCUT2D eigenvalue weighted by atomic mass is 10.0. The summed E-state index contributed by atoms with van der Waals surface area (Å²) in [4.78, 5) is 10.1. The second kappa shape index (κ2) is 3.08. The number of aliphatic hydroxyl groups excluding tert-OH is 1. The molecular formula is C5H8F3NO2. The van der Waals surface area contributed by atoms with E-state index in [1.807, 2.05) is 0 Å². The van der Waals surface area contributed by atoms with Gasteiger partial charge in [-0.25, -0.2) is 0 Å². The lowest BCUT2D eigenvalue weighted by Crippen LogP contribution is -2.41. The average molecular weight is 171 g/mol. The van der Waals surface area contributed by atoms with Crippen LogP contribution in [0, 0.1) is 5.92 Å². The molecule has 0 spiro atoms. The van der Waals surface area contributed by atoms with Crippen LogP contribution in [0.4, 0.5) is 13.2 Å². The molecule has 0 aliphatic carbocycles. The minimum atomic E-state index is -4.78. The lowest BCUT2D eigenvalue weighted by Gasteiger charge is -2.18. The minimum absolute atomic E-state index is 0.917. The van der Waals surface area contributed by atoms with Crippen molar-refractivity contribution < 1.29 is 23.1 Å². The Labute approximate surface area is 61.0 Å². The van der Waals surface area contributed by atoms with E-state index in [2.05, 4.69) is 5.73 Å². The third-order valence-electron chi connectivity index (χ3n) is 1.26. The molecule has 0 heterocycles. The van der Waals surface area contributed by atoms with Gasteiger partial charge in [0.25, 0.3) is 0 Å². The number of carbonyl (C=O) groups is 1. The third kappa shape index (κ3) is 2.75. The quantitative estimate of drug-likeness (QED) is 0.615. The van der Waals surface area contributed by atoms with Crippen LogP contribution >= 0.6 is 0 Å². The van der Waals surface area contributed by atoms with Crippen LogP contribution in [0.5, 0.6) is 0 Å². The number of carbonyl (C=O) groups excluding carboxylic acids is 1. The van der Waals surface area contributed by atoms with Crippen LogP contribution in [0.3, 0.4) is 0 Å². The summed E-state index contributed by atoms with van der Waals surface area (Å²) < 4.78 is 34.8. The summed E-state index contributed by atoms with van der Waals surface area (Å²) in [6, 6.07) is 0. The van der Waals surface area contributed by atoms with Crippen LogP contribution in [0.2, 0.25) is 0 Å². The zero-order valence-corrected chi connectivity index (χ0v) is 5.72.